The number of halogens is 2. The molecule has 1 saturated carbocycles. The van der Waals surface area contributed by atoms with Crippen LogP contribution in [0.3, 0.4) is 0 Å². The number of amides is 2. The Morgan fingerprint density at radius 2 is 1.72 bits per heavy atom. The molecular weight excluding hydrogens is 596 g/mol. The first kappa shape index (κ1) is 24.7. The summed E-state index contributed by atoms with van der Waals surface area (Å²) in [5.74, 6) is -0.937. The summed E-state index contributed by atoms with van der Waals surface area (Å²) >= 11 is 7.10. The van der Waals surface area contributed by atoms with Crippen molar-refractivity contribution in [2.45, 2.75) is 20.0 Å². The SMILES string of the molecule is CCOc1cc(C=NN2C(=O)[C@@H]3[C@H](C2=O)[C@H]2C=C[C@H]3C2)c(Br)c(Br)c1OCc1ccc(C(=O)O)cc1. The van der Waals surface area contributed by atoms with Crippen molar-refractivity contribution in [3.8, 4) is 11.5 Å². The van der Waals surface area contributed by atoms with Gasteiger partial charge in [-0.3, -0.25) is 9.59 Å². The molecule has 36 heavy (non-hydrogen) atoms. The molecule has 0 aromatic heterocycles. The molecule has 0 radical (unpaired) electrons. The van der Waals surface area contributed by atoms with Crippen LogP contribution in [0.15, 0.2) is 56.5 Å². The second kappa shape index (κ2) is 9.82. The molecule has 2 fully saturated rings. The molecule has 1 N–H and O–H groups in total. The van der Waals surface area contributed by atoms with Gasteiger partial charge in [0.1, 0.15) is 6.61 Å². The van der Waals surface area contributed by atoms with Crippen molar-refractivity contribution in [2.75, 3.05) is 6.61 Å². The summed E-state index contributed by atoms with van der Waals surface area (Å²) in [6.45, 7) is 2.42. The smallest absolute Gasteiger partial charge is 0.335 e. The van der Waals surface area contributed by atoms with E-state index in [1.54, 1.807) is 18.2 Å². The third kappa shape index (κ3) is 4.26. The van der Waals surface area contributed by atoms with E-state index in [0.717, 1.165) is 17.0 Å². The Labute approximate surface area is 224 Å². The lowest BCUT2D eigenvalue weighted by molar-refractivity contribution is -0.140. The number of imide groups is 1. The van der Waals surface area contributed by atoms with E-state index in [9.17, 15) is 14.4 Å². The molecule has 0 unspecified atom stereocenters. The maximum Gasteiger partial charge on any atom is 0.335 e. The van der Waals surface area contributed by atoms with Gasteiger partial charge in [-0.25, -0.2) is 4.79 Å². The molecule has 4 atom stereocenters. The second-order valence-corrected chi connectivity index (χ2v) is 10.5. The van der Waals surface area contributed by atoms with Gasteiger partial charge in [-0.05, 0) is 80.8 Å². The first-order chi connectivity index (χ1) is 17.3. The van der Waals surface area contributed by atoms with E-state index in [-0.39, 0.29) is 47.7 Å². The van der Waals surface area contributed by atoms with Crippen LogP contribution < -0.4 is 9.47 Å². The Morgan fingerprint density at radius 3 is 2.31 bits per heavy atom. The number of carbonyl (C=O) groups excluding carboxylic acids is 2. The highest BCUT2D eigenvalue weighted by molar-refractivity contribution is 9.13. The number of carboxylic acid groups (broad SMARTS) is 1. The normalized spacial score (nSPS) is 24.1. The van der Waals surface area contributed by atoms with Crippen molar-refractivity contribution in [1.29, 1.82) is 0 Å². The lowest BCUT2D eigenvalue weighted by atomic mass is 9.85. The third-order valence-corrected chi connectivity index (χ3v) is 8.94. The van der Waals surface area contributed by atoms with Gasteiger partial charge < -0.3 is 14.6 Å². The highest BCUT2D eigenvalue weighted by atomic mass is 79.9. The summed E-state index contributed by atoms with van der Waals surface area (Å²) in [5, 5.41) is 14.3. The van der Waals surface area contributed by atoms with Crippen LogP contribution in [-0.4, -0.2) is 40.7 Å². The zero-order valence-corrected chi connectivity index (χ0v) is 22.4. The van der Waals surface area contributed by atoms with Gasteiger partial charge in [-0.1, -0.05) is 24.3 Å². The van der Waals surface area contributed by atoms with Gasteiger partial charge in [0.15, 0.2) is 11.5 Å². The van der Waals surface area contributed by atoms with Crippen molar-refractivity contribution in [3.63, 3.8) is 0 Å². The molecule has 2 aromatic carbocycles. The van der Waals surface area contributed by atoms with Crippen LogP contribution in [0.2, 0.25) is 0 Å². The number of hydrazone groups is 1. The minimum atomic E-state index is -0.991. The first-order valence-corrected chi connectivity index (χ1v) is 13.1. The molecule has 1 saturated heterocycles. The van der Waals surface area contributed by atoms with Crippen LogP contribution in [0.4, 0.5) is 0 Å². The minimum absolute atomic E-state index is 0.124. The number of benzene rings is 2. The molecule has 10 heteroatoms. The van der Waals surface area contributed by atoms with Crippen molar-refractivity contribution < 1.29 is 29.0 Å². The van der Waals surface area contributed by atoms with E-state index in [0.29, 0.717) is 32.6 Å². The molecule has 186 valence electrons. The van der Waals surface area contributed by atoms with Crippen molar-refractivity contribution >= 4 is 55.9 Å². The van der Waals surface area contributed by atoms with Crippen LogP contribution in [0.25, 0.3) is 0 Å². The number of aromatic carboxylic acids is 1. The number of allylic oxidation sites excluding steroid dienone is 2. The number of carboxylic acids is 1. The zero-order valence-electron chi connectivity index (χ0n) is 19.2. The molecule has 3 aliphatic rings. The van der Waals surface area contributed by atoms with Crippen LogP contribution in [0, 0.1) is 23.7 Å². The molecule has 0 spiro atoms. The molecule has 8 nitrogen and oxygen atoms in total. The summed E-state index contributed by atoms with van der Waals surface area (Å²) in [6, 6.07) is 8.14. The highest BCUT2D eigenvalue weighted by Gasteiger charge is 2.59. The lowest BCUT2D eigenvalue weighted by Crippen LogP contribution is -2.28. The van der Waals surface area contributed by atoms with Gasteiger partial charge in [0.2, 0.25) is 0 Å². The Bertz CT molecular complexity index is 1280. The van der Waals surface area contributed by atoms with Crippen molar-refractivity contribution in [1.82, 2.24) is 5.01 Å². The van der Waals surface area contributed by atoms with Crippen LogP contribution in [0.1, 0.15) is 34.8 Å². The standard InChI is InChI=1S/C26H22Br2N2O6/c1-2-35-18-10-17(11-29-30-24(31)19-15-7-8-16(9-15)20(19)25(30)32)21(27)22(28)23(18)36-12-13-3-5-14(6-4-13)26(33)34/h3-8,10-11,15-16,19-20H,2,9,12H2,1H3,(H,33,34)/t15-,16-,19-,20+/m0/s1. The van der Waals surface area contributed by atoms with E-state index in [1.165, 1.54) is 18.3 Å². The summed E-state index contributed by atoms with van der Waals surface area (Å²) in [5.41, 5.74) is 1.59. The number of nitrogens with zero attached hydrogens (tertiary/aromatic N) is 2. The summed E-state index contributed by atoms with van der Waals surface area (Å²) in [7, 11) is 0. The van der Waals surface area contributed by atoms with Crippen LogP contribution in [-0.2, 0) is 16.2 Å². The second-order valence-electron chi connectivity index (χ2n) is 8.88. The number of carbonyl (C=O) groups is 3. The molecule has 2 aromatic rings. The molecule has 1 heterocycles. The first-order valence-electron chi connectivity index (χ1n) is 11.5. The number of hydrogen-bond donors (Lipinski definition) is 1. The highest BCUT2D eigenvalue weighted by Crippen LogP contribution is 2.52. The van der Waals surface area contributed by atoms with Gasteiger partial charge in [0.05, 0.1) is 34.7 Å². The monoisotopic (exact) mass is 616 g/mol. The maximum absolute atomic E-state index is 12.9. The maximum atomic E-state index is 12.9. The minimum Gasteiger partial charge on any atom is -0.490 e. The van der Waals surface area contributed by atoms with Gasteiger partial charge in [-0.15, -0.1) is 0 Å². The van der Waals surface area contributed by atoms with E-state index >= 15 is 0 Å². The summed E-state index contributed by atoms with van der Waals surface area (Å²) in [6.07, 6.45) is 6.43. The lowest BCUT2D eigenvalue weighted by Gasteiger charge is -2.17. The number of ether oxygens (including phenoxy) is 2. The van der Waals surface area contributed by atoms with Gasteiger partial charge in [0.25, 0.3) is 11.8 Å². The fraction of sp³-hybridized carbons (Fsp3) is 0.308. The molecule has 5 rings (SSSR count). The van der Waals surface area contributed by atoms with E-state index in [1.807, 2.05) is 19.1 Å². The molecule has 2 aliphatic carbocycles. The number of fused-ring (bicyclic) bond motifs is 5. The average Bonchev–Trinajstić information content (AvgIpc) is 3.55. The third-order valence-electron chi connectivity index (χ3n) is 6.80. The Balaban J connectivity index is 1.37. The average molecular weight is 618 g/mol. The quantitative estimate of drug-likeness (QED) is 0.253. The van der Waals surface area contributed by atoms with E-state index in [2.05, 4.69) is 37.0 Å². The van der Waals surface area contributed by atoms with Gasteiger partial charge >= 0.3 is 5.97 Å². The Kier molecular flexibility index (Phi) is 6.74. The van der Waals surface area contributed by atoms with Crippen molar-refractivity contribution in [3.05, 3.63) is 68.1 Å². The predicted octanol–water partition coefficient (Wildman–Crippen LogP) is 5.03. The number of rotatable bonds is 8. The molecular formula is C26H22Br2N2O6. The van der Waals surface area contributed by atoms with E-state index < -0.39 is 5.97 Å². The van der Waals surface area contributed by atoms with Crippen LogP contribution >= 0.6 is 31.9 Å². The zero-order chi connectivity index (χ0) is 25.6. The molecule has 2 amide bonds. The Hall–Kier alpha value is -2.98. The van der Waals surface area contributed by atoms with Crippen LogP contribution in [0.5, 0.6) is 11.5 Å². The number of hydrogen-bond acceptors (Lipinski definition) is 6. The Morgan fingerprint density at radius 1 is 1.08 bits per heavy atom. The van der Waals surface area contributed by atoms with Gasteiger partial charge in [-0.2, -0.15) is 10.1 Å². The topological polar surface area (TPSA) is 106 Å². The fourth-order valence-electron chi connectivity index (χ4n) is 5.12. The largest absolute Gasteiger partial charge is 0.490 e. The van der Waals surface area contributed by atoms with Gasteiger partial charge in [0, 0.05) is 10.0 Å². The summed E-state index contributed by atoms with van der Waals surface area (Å²) < 4.78 is 13.0. The van der Waals surface area contributed by atoms with E-state index in [4.69, 9.17) is 14.6 Å². The summed E-state index contributed by atoms with van der Waals surface area (Å²) in [4.78, 5) is 36.9. The molecule has 1 aliphatic heterocycles. The molecule has 2 bridgehead atoms. The fourth-order valence-corrected chi connectivity index (χ4v) is 6.05. The van der Waals surface area contributed by atoms with Crippen molar-refractivity contribution in [2.24, 2.45) is 28.8 Å². The predicted molar refractivity (Wildman–Crippen MR) is 138 cm³/mol.